The molecule has 0 aliphatic heterocycles. The number of aromatic nitrogens is 2. The highest BCUT2D eigenvalue weighted by Crippen LogP contribution is 2.38. The van der Waals surface area contributed by atoms with E-state index in [1.54, 1.807) is 36.4 Å². The highest BCUT2D eigenvalue weighted by Gasteiger charge is 2.17. The number of methoxy groups -OCH3 is 2. The summed E-state index contributed by atoms with van der Waals surface area (Å²) in [7, 11) is 3.01. The van der Waals surface area contributed by atoms with Crippen molar-refractivity contribution in [1.82, 2.24) is 9.97 Å². The van der Waals surface area contributed by atoms with Crippen molar-refractivity contribution in [3.8, 4) is 45.5 Å². The molecule has 158 valence electrons. The van der Waals surface area contributed by atoms with E-state index in [0.29, 0.717) is 22.9 Å². The van der Waals surface area contributed by atoms with E-state index in [1.165, 1.54) is 14.2 Å². The number of benzene rings is 4. The van der Waals surface area contributed by atoms with Crippen LogP contribution in [0.25, 0.3) is 44.3 Å². The number of hydrogen-bond acceptors (Lipinski definition) is 6. The van der Waals surface area contributed by atoms with Crippen LogP contribution in [0, 0.1) is 0 Å². The first kappa shape index (κ1) is 19.6. The largest absolute Gasteiger partial charge is 0.504 e. The van der Waals surface area contributed by atoms with Gasteiger partial charge in [-0.25, -0.2) is 9.97 Å². The molecule has 6 heteroatoms. The fourth-order valence-corrected chi connectivity index (χ4v) is 3.79. The normalized spacial score (nSPS) is 11.1. The fourth-order valence-electron chi connectivity index (χ4n) is 3.79. The molecule has 32 heavy (non-hydrogen) atoms. The lowest BCUT2D eigenvalue weighted by molar-refractivity contribution is 0.373. The molecule has 1 heterocycles. The van der Waals surface area contributed by atoms with E-state index in [-0.39, 0.29) is 11.5 Å². The molecule has 0 bridgehead atoms. The summed E-state index contributed by atoms with van der Waals surface area (Å²) in [5.74, 6) is 0.780. The Morgan fingerprint density at radius 2 is 1.03 bits per heavy atom. The van der Waals surface area contributed by atoms with Crippen LogP contribution in [0.5, 0.6) is 23.0 Å². The van der Waals surface area contributed by atoms with Gasteiger partial charge < -0.3 is 19.7 Å². The minimum Gasteiger partial charge on any atom is -0.504 e. The van der Waals surface area contributed by atoms with Gasteiger partial charge in [-0.2, -0.15) is 0 Å². The van der Waals surface area contributed by atoms with Gasteiger partial charge in [0.2, 0.25) is 0 Å². The lowest BCUT2D eigenvalue weighted by Crippen LogP contribution is -1.97. The molecule has 0 unspecified atom stereocenters. The second kappa shape index (κ2) is 7.74. The van der Waals surface area contributed by atoms with Crippen LogP contribution < -0.4 is 9.47 Å². The number of ether oxygens (including phenoxy) is 2. The number of phenolic OH excluding ortho intramolecular Hbond substituents is 2. The summed E-state index contributed by atoms with van der Waals surface area (Å²) < 4.78 is 10.6. The van der Waals surface area contributed by atoms with Gasteiger partial charge in [0.1, 0.15) is 0 Å². The minimum absolute atomic E-state index is 0.0452. The Labute approximate surface area is 184 Å². The minimum atomic E-state index is 0.0452. The number of hydrogen-bond donors (Lipinski definition) is 2. The lowest BCUT2D eigenvalue weighted by atomic mass is 10.0. The number of phenols is 2. The molecule has 0 atom stereocenters. The Morgan fingerprint density at radius 3 is 1.44 bits per heavy atom. The first-order valence-corrected chi connectivity index (χ1v) is 10.0. The third-order valence-electron chi connectivity index (χ3n) is 5.44. The maximum atomic E-state index is 10.1. The van der Waals surface area contributed by atoms with Gasteiger partial charge in [0.05, 0.1) is 36.6 Å². The first-order valence-electron chi connectivity index (χ1n) is 10.0. The number of rotatable bonds is 4. The maximum absolute atomic E-state index is 10.1. The Hall–Kier alpha value is -4.32. The molecular formula is C26H20N2O4. The average Bonchev–Trinajstić information content (AvgIpc) is 2.82. The number of fused-ring (bicyclic) bond motifs is 2. The molecule has 4 aromatic carbocycles. The summed E-state index contributed by atoms with van der Waals surface area (Å²) in [6.07, 6.45) is 0. The van der Waals surface area contributed by atoms with Crippen LogP contribution in [-0.4, -0.2) is 34.4 Å². The van der Waals surface area contributed by atoms with Gasteiger partial charge in [0.15, 0.2) is 23.0 Å². The molecule has 0 saturated carbocycles. The van der Waals surface area contributed by atoms with E-state index in [9.17, 15) is 10.2 Å². The maximum Gasteiger partial charge on any atom is 0.161 e. The predicted octanol–water partition coefficient (Wildman–Crippen LogP) is 5.55. The third kappa shape index (κ3) is 3.32. The second-order valence-electron chi connectivity index (χ2n) is 7.38. The van der Waals surface area contributed by atoms with E-state index >= 15 is 0 Å². The molecule has 5 rings (SSSR count). The van der Waals surface area contributed by atoms with E-state index in [4.69, 9.17) is 19.4 Å². The van der Waals surface area contributed by atoms with Crippen molar-refractivity contribution in [1.29, 1.82) is 0 Å². The standard InChI is InChI=1S/C26H20N2O4/c1-31-23-13-17(7-9-21(23)29)25-26(18-8-10-22(30)24(14-18)32-2)28-20-12-16-6-4-3-5-15(16)11-19(20)27-25/h3-14,29-30H,1-2H3. The molecule has 0 fully saturated rings. The summed E-state index contributed by atoms with van der Waals surface area (Å²) in [4.78, 5) is 9.90. The molecule has 0 aliphatic rings. The fraction of sp³-hybridized carbons (Fsp3) is 0.0769. The van der Waals surface area contributed by atoms with Crippen molar-refractivity contribution in [3.63, 3.8) is 0 Å². The molecule has 1 aromatic heterocycles. The van der Waals surface area contributed by atoms with Crippen LogP contribution >= 0.6 is 0 Å². The summed E-state index contributed by atoms with van der Waals surface area (Å²) in [5, 5.41) is 22.2. The van der Waals surface area contributed by atoms with Gasteiger partial charge in [-0.3, -0.25) is 0 Å². The zero-order valence-electron chi connectivity index (χ0n) is 17.5. The van der Waals surface area contributed by atoms with E-state index in [1.807, 2.05) is 36.4 Å². The molecule has 6 nitrogen and oxygen atoms in total. The van der Waals surface area contributed by atoms with Crippen molar-refractivity contribution in [2.45, 2.75) is 0 Å². The van der Waals surface area contributed by atoms with Crippen LogP contribution in [0.3, 0.4) is 0 Å². The van der Waals surface area contributed by atoms with Gasteiger partial charge in [0, 0.05) is 11.1 Å². The van der Waals surface area contributed by atoms with Crippen LogP contribution in [0.2, 0.25) is 0 Å². The highest BCUT2D eigenvalue weighted by molar-refractivity contribution is 5.97. The Bertz CT molecular complexity index is 1370. The predicted molar refractivity (Wildman–Crippen MR) is 124 cm³/mol. The summed E-state index contributed by atoms with van der Waals surface area (Å²) in [6, 6.07) is 22.2. The van der Waals surface area contributed by atoms with E-state index in [2.05, 4.69) is 0 Å². The quantitative estimate of drug-likeness (QED) is 0.368. The van der Waals surface area contributed by atoms with Gasteiger partial charge in [-0.1, -0.05) is 24.3 Å². The molecule has 0 saturated heterocycles. The topological polar surface area (TPSA) is 84.7 Å². The summed E-state index contributed by atoms with van der Waals surface area (Å²) in [5.41, 5.74) is 4.23. The third-order valence-corrected chi connectivity index (χ3v) is 5.44. The molecule has 2 N–H and O–H groups in total. The first-order chi connectivity index (χ1) is 15.6. The second-order valence-corrected chi connectivity index (χ2v) is 7.38. The Kier molecular flexibility index (Phi) is 4.75. The number of nitrogens with zero attached hydrogens (tertiary/aromatic N) is 2. The molecule has 0 aliphatic carbocycles. The summed E-state index contributed by atoms with van der Waals surface area (Å²) >= 11 is 0. The van der Waals surface area contributed by atoms with Gasteiger partial charge in [-0.15, -0.1) is 0 Å². The van der Waals surface area contributed by atoms with Crippen LogP contribution in [0.4, 0.5) is 0 Å². The molecule has 5 aromatic rings. The van der Waals surface area contributed by atoms with Gasteiger partial charge in [-0.05, 0) is 59.3 Å². The Morgan fingerprint density at radius 1 is 0.594 bits per heavy atom. The molecule has 0 amide bonds. The van der Waals surface area contributed by atoms with Crippen LogP contribution in [0.15, 0.2) is 72.8 Å². The number of aromatic hydroxyl groups is 2. The lowest BCUT2D eigenvalue weighted by Gasteiger charge is -2.14. The molecule has 0 spiro atoms. The van der Waals surface area contributed by atoms with Crippen molar-refractivity contribution in [3.05, 3.63) is 72.8 Å². The molecular weight excluding hydrogens is 404 g/mol. The SMILES string of the molecule is COc1cc(-c2nc3cc4ccccc4cc3nc2-c2ccc(O)c(OC)c2)ccc1O. The molecule has 0 radical (unpaired) electrons. The van der Waals surface area contributed by atoms with Crippen molar-refractivity contribution in [2.24, 2.45) is 0 Å². The van der Waals surface area contributed by atoms with Gasteiger partial charge >= 0.3 is 0 Å². The Balaban J connectivity index is 1.83. The van der Waals surface area contributed by atoms with Crippen LogP contribution in [0.1, 0.15) is 0 Å². The van der Waals surface area contributed by atoms with E-state index < -0.39 is 0 Å². The zero-order chi connectivity index (χ0) is 22.2. The highest BCUT2D eigenvalue weighted by atomic mass is 16.5. The van der Waals surface area contributed by atoms with Crippen molar-refractivity contribution < 1.29 is 19.7 Å². The average molecular weight is 424 g/mol. The van der Waals surface area contributed by atoms with Crippen LogP contribution in [-0.2, 0) is 0 Å². The van der Waals surface area contributed by atoms with E-state index in [0.717, 1.165) is 32.9 Å². The monoisotopic (exact) mass is 424 g/mol. The van der Waals surface area contributed by atoms with Crippen molar-refractivity contribution >= 4 is 21.8 Å². The smallest absolute Gasteiger partial charge is 0.161 e. The van der Waals surface area contributed by atoms with Crippen molar-refractivity contribution in [2.75, 3.05) is 14.2 Å². The van der Waals surface area contributed by atoms with Gasteiger partial charge in [0.25, 0.3) is 0 Å². The zero-order valence-corrected chi connectivity index (χ0v) is 17.5. The summed E-state index contributed by atoms with van der Waals surface area (Å²) in [6.45, 7) is 0.